The van der Waals surface area contributed by atoms with Crippen molar-refractivity contribution in [1.29, 1.82) is 0 Å². The van der Waals surface area contributed by atoms with Crippen LogP contribution in [0.15, 0.2) is 4.99 Å². The zero-order valence-corrected chi connectivity index (χ0v) is 12.8. The number of nitrogens with zero attached hydrogens (tertiary/aromatic N) is 2. The summed E-state index contributed by atoms with van der Waals surface area (Å²) in [6.07, 6.45) is 2.44. The van der Waals surface area contributed by atoms with E-state index in [0.717, 1.165) is 58.6 Å². The molecule has 0 saturated carbocycles. The van der Waals surface area contributed by atoms with Gasteiger partial charge in [0, 0.05) is 37.1 Å². The Labute approximate surface area is 121 Å². The summed E-state index contributed by atoms with van der Waals surface area (Å²) in [6, 6.07) is 0. The molecule has 3 rings (SSSR count). The van der Waals surface area contributed by atoms with E-state index >= 15 is 0 Å². The van der Waals surface area contributed by atoms with E-state index in [1.54, 1.807) is 0 Å². The fourth-order valence-corrected chi connectivity index (χ4v) is 3.32. The van der Waals surface area contributed by atoms with Crippen molar-refractivity contribution < 1.29 is 9.47 Å². The highest BCUT2D eigenvalue weighted by Crippen LogP contribution is 2.38. The SMILES string of the molecule is CCNC(=NCC1(C)COC1)N1CCC2(CCOC2)C1. The zero-order valence-electron chi connectivity index (χ0n) is 12.8. The molecule has 20 heavy (non-hydrogen) atoms. The van der Waals surface area contributed by atoms with E-state index in [9.17, 15) is 0 Å². The third-order valence-electron chi connectivity index (χ3n) is 4.77. The van der Waals surface area contributed by atoms with Crippen LogP contribution >= 0.6 is 0 Å². The molecule has 0 aromatic rings. The van der Waals surface area contributed by atoms with Crippen LogP contribution in [0.4, 0.5) is 0 Å². The maximum atomic E-state index is 5.61. The quantitative estimate of drug-likeness (QED) is 0.621. The minimum atomic E-state index is 0.245. The molecule has 1 N–H and O–H groups in total. The Balaban J connectivity index is 1.63. The van der Waals surface area contributed by atoms with Gasteiger partial charge in [-0.15, -0.1) is 0 Å². The normalized spacial score (nSPS) is 32.7. The lowest BCUT2D eigenvalue weighted by Crippen LogP contribution is -2.45. The van der Waals surface area contributed by atoms with Crippen LogP contribution in [0.2, 0.25) is 0 Å². The minimum absolute atomic E-state index is 0.245. The van der Waals surface area contributed by atoms with E-state index in [2.05, 4.69) is 24.1 Å². The van der Waals surface area contributed by atoms with Crippen LogP contribution in [-0.4, -0.2) is 63.5 Å². The van der Waals surface area contributed by atoms with Gasteiger partial charge in [-0.1, -0.05) is 6.92 Å². The Morgan fingerprint density at radius 3 is 2.70 bits per heavy atom. The predicted molar refractivity (Wildman–Crippen MR) is 79.0 cm³/mol. The number of guanidine groups is 1. The highest BCUT2D eigenvalue weighted by atomic mass is 16.5. The van der Waals surface area contributed by atoms with E-state index < -0.39 is 0 Å². The first-order chi connectivity index (χ1) is 9.65. The molecule has 0 radical (unpaired) electrons. The Bertz CT molecular complexity index is 373. The maximum Gasteiger partial charge on any atom is 0.193 e. The highest BCUT2D eigenvalue weighted by Gasteiger charge is 2.42. The Morgan fingerprint density at radius 2 is 2.10 bits per heavy atom. The van der Waals surface area contributed by atoms with Crippen molar-refractivity contribution in [3.8, 4) is 0 Å². The Hall–Kier alpha value is -0.810. The van der Waals surface area contributed by atoms with E-state index in [0.29, 0.717) is 5.41 Å². The molecule has 3 fully saturated rings. The molecular formula is C15H27N3O2. The molecular weight excluding hydrogens is 254 g/mol. The molecule has 3 aliphatic heterocycles. The molecule has 114 valence electrons. The summed E-state index contributed by atoms with van der Waals surface area (Å²) in [5, 5.41) is 3.45. The van der Waals surface area contributed by atoms with Crippen LogP contribution in [0.1, 0.15) is 26.7 Å². The number of rotatable bonds is 3. The third-order valence-corrected chi connectivity index (χ3v) is 4.77. The van der Waals surface area contributed by atoms with Gasteiger partial charge in [0.05, 0.1) is 26.4 Å². The molecule has 1 atom stereocenters. The zero-order chi connectivity index (χ0) is 14.1. The lowest BCUT2D eigenvalue weighted by Gasteiger charge is -2.37. The number of likely N-dealkylation sites (tertiary alicyclic amines) is 1. The summed E-state index contributed by atoms with van der Waals surface area (Å²) in [6.45, 7) is 11.9. The van der Waals surface area contributed by atoms with Gasteiger partial charge in [-0.25, -0.2) is 0 Å². The van der Waals surface area contributed by atoms with E-state index in [4.69, 9.17) is 14.5 Å². The smallest absolute Gasteiger partial charge is 0.193 e. The fraction of sp³-hybridized carbons (Fsp3) is 0.933. The summed E-state index contributed by atoms with van der Waals surface area (Å²) in [7, 11) is 0. The van der Waals surface area contributed by atoms with Crippen molar-refractivity contribution in [2.24, 2.45) is 15.8 Å². The average molecular weight is 281 g/mol. The Kier molecular flexibility index (Phi) is 3.91. The van der Waals surface area contributed by atoms with E-state index in [-0.39, 0.29) is 5.41 Å². The molecule has 3 aliphatic rings. The molecule has 0 amide bonds. The van der Waals surface area contributed by atoms with Gasteiger partial charge in [0.15, 0.2) is 5.96 Å². The first kappa shape index (κ1) is 14.1. The number of nitrogens with one attached hydrogen (secondary N) is 1. The van der Waals surface area contributed by atoms with Crippen molar-refractivity contribution in [2.75, 3.05) is 52.6 Å². The molecule has 0 bridgehead atoms. The molecule has 0 aromatic heterocycles. The number of hydrogen-bond acceptors (Lipinski definition) is 3. The lowest BCUT2D eigenvalue weighted by molar-refractivity contribution is -0.0946. The van der Waals surface area contributed by atoms with Crippen molar-refractivity contribution >= 4 is 5.96 Å². The largest absolute Gasteiger partial charge is 0.381 e. The minimum Gasteiger partial charge on any atom is -0.381 e. The average Bonchev–Trinajstić information content (AvgIpc) is 3.03. The van der Waals surface area contributed by atoms with E-state index in [1.807, 2.05) is 0 Å². The predicted octanol–water partition coefficient (Wildman–Crippen LogP) is 1.10. The van der Waals surface area contributed by atoms with Crippen molar-refractivity contribution in [2.45, 2.75) is 26.7 Å². The van der Waals surface area contributed by atoms with Crippen molar-refractivity contribution in [3.63, 3.8) is 0 Å². The first-order valence-electron chi connectivity index (χ1n) is 7.84. The highest BCUT2D eigenvalue weighted by molar-refractivity contribution is 5.80. The second-order valence-electron chi connectivity index (χ2n) is 6.95. The topological polar surface area (TPSA) is 46.1 Å². The van der Waals surface area contributed by atoms with Gasteiger partial charge in [0.2, 0.25) is 0 Å². The van der Waals surface area contributed by atoms with Gasteiger partial charge >= 0.3 is 0 Å². The molecule has 0 aromatic carbocycles. The van der Waals surface area contributed by atoms with E-state index in [1.165, 1.54) is 12.8 Å². The second-order valence-corrected chi connectivity index (χ2v) is 6.95. The van der Waals surface area contributed by atoms with Crippen LogP contribution in [0, 0.1) is 10.8 Å². The maximum absolute atomic E-state index is 5.61. The van der Waals surface area contributed by atoms with Crippen molar-refractivity contribution in [1.82, 2.24) is 10.2 Å². The summed E-state index contributed by atoms with van der Waals surface area (Å²) >= 11 is 0. The van der Waals surface area contributed by atoms with Crippen LogP contribution < -0.4 is 5.32 Å². The number of aliphatic imine (C=N–C) groups is 1. The molecule has 1 unspecified atom stereocenters. The molecule has 0 aliphatic carbocycles. The molecule has 5 heteroatoms. The summed E-state index contributed by atoms with van der Waals surface area (Å²) < 4.78 is 10.9. The monoisotopic (exact) mass is 281 g/mol. The van der Waals surface area contributed by atoms with Crippen molar-refractivity contribution in [3.05, 3.63) is 0 Å². The van der Waals surface area contributed by atoms with Crippen LogP contribution in [-0.2, 0) is 9.47 Å². The standard InChI is InChI=1S/C15H27N3O2/c1-3-16-13(17-8-14(2)10-20-11-14)18-6-4-15(9-18)5-7-19-12-15/h3-12H2,1-2H3,(H,16,17). The lowest BCUT2D eigenvalue weighted by atomic mass is 9.87. The Morgan fingerprint density at radius 1 is 1.25 bits per heavy atom. The first-order valence-corrected chi connectivity index (χ1v) is 7.84. The van der Waals surface area contributed by atoms with Gasteiger partial charge in [0.25, 0.3) is 0 Å². The van der Waals surface area contributed by atoms with Crippen LogP contribution in [0.3, 0.4) is 0 Å². The van der Waals surface area contributed by atoms with Gasteiger partial charge in [0.1, 0.15) is 0 Å². The number of ether oxygens (including phenoxy) is 2. The number of hydrogen-bond donors (Lipinski definition) is 1. The van der Waals surface area contributed by atoms with Gasteiger partial charge in [-0.05, 0) is 19.8 Å². The molecule has 3 heterocycles. The molecule has 3 saturated heterocycles. The summed E-state index contributed by atoms with van der Waals surface area (Å²) in [4.78, 5) is 7.27. The molecule has 1 spiro atoms. The van der Waals surface area contributed by atoms with Gasteiger partial charge < -0.3 is 19.7 Å². The third kappa shape index (κ3) is 2.79. The summed E-state index contributed by atoms with van der Waals surface area (Å²) in [5.41, 5.74) is 0.633. The van der Waals surface area contributed by atoms with Crippen LogP contribution in [0.25, 0.3) is 0 Å². The summed E-state index contributed by atoms with van der Waals surface area (Å²) in [5.74, 6) is 1.07. The fourth-order valence-electron chi connectivity index (χ4n) is 3.32. The van der Waals surface area contributed by atoms with Gasteiger partial charge in [-0.2, -0.15) is 0 Å². The second kappa shape index (κ2) is 5.53. The molecule has 5 nitrogen and oxygen atoms in total. The van der Waals surface area contributed by atoms with Gasteiger partial charge in [-0.3, -0.25) is 4.99 Å². The van der Waals surface area contributed by atoms with Crippen LogP contribution in [0.5, 0.6) is 0 Å².